The van der Waals surface area contributed by atoms with Crippen LogP contribution in [0.25, 0.3) is 0 Å². The van der Waals surface area contributed by atoms with Crippen LogP contribution in [0.3, 0.4) is 0 Å². The van der Waals surface area contributed by atoms with Gasteiger partial charge in [0, 0.05) is 15.9 Å². The first kappa shape index (κ1) is 16.3. The molecule has 6 heteroatoms. The summed E-state index contributed by atoms with van der Waals surface area (Å²) in [5, 5.41) is 1.17. The molecule has 20 heavy (non-hydrogen) atoms. The van der Waals surface area contributed by atoms with Crippen LogP contribution >= 0.6 is 27.5 Å². The predicted octanol–water partition coefficient (Wildman–Crippen LogP) is 3.96. The van der Waals surface area contributed by atoms with Gasteiger partial charge in [-0.25, -0.2) is 13.1 Å². The van der Waals surface area contributed by atoms with Crippen LogP contribution in [0.5, 0.6) is 0 Å². The second-order valence-corrected chi connectivity index (χ2v) is 8.34. The van der Waals surface area contributed by atoms with Crippen molar-refractivity contribution in [1.29, 1.82) is 0 Å². The first-order valence-electron chi connectivity index (χ1n) is 6.72. The summed E-state index contributed by atoms with van der Waals surface area (Å²) in [6.07, 6.45) is 3.84. The van der Waals surface area contributed by atoms with E-state index in [2.05, 4.69) is 27.6 Å². The Kier molecular flexibility index (Phi) is 5.16. The van der Waals surface area contributed by atoms with Gasteiger partial charge in [-0.1, -0.05) is 34.5 Å². The standard InChI is InChI=1S/C14H19BrClNO2S/c1-11-6-8-14(10-15,9-7-11)17-20(18,19)13-4-2-12(16)3-5-13/h2-5,11,17H,6-10H2,1H3. The fourth-order valence-electron chi connectivity index (χ4n) is 2.54. The summed E-state index contributed by atoms with van der Waals surface area (Å²) in [5.41, 5.74) is -0.370. The summed E-state index contributed by atoms with van der Waals surface area (Å²) in [5.74, 6) is 0.669. The molecule has 0 aliphatic heterocycles. The van der Waals surface area contributed by atoms with Crippen molar-refractivity contribution in [3.63, 3.8) is 0 Å². The Morgan fingerprint density at radius 3 is 2.35 bits per heavy atom. The molecular formula is C14H19BrClNO2S. The SMILES string of the molecule is CC1CCC(CBr)(NS(=O)(=O)c2ccc(Cl)cc2)CC1. The first-order valence-corrected chi connectivity index (χ1v) is 9.71. The minimum absolute atomic E-state index is 0.265. The molecule has 1 aromatic carbocycles. The van der Waals surface area contributed by atoms with Crippen LogP contribution in [0.4, 0.5) is 0 Å². The number of hydrogen-bond acceptors (Lipinski definition) is 2. The summed E-state index contributed by atoms with van der Waals surface area (Å²) in [6, 6.07) is 6.27. The lowest BCUT2D eigenvalue weighted by atomic mass is 9.79. The number of benzene rings is 1. The molecule has 112 valence electrons. The number of rotatable bonds is 4. The van der Waals surface area contributed by atoms with Gasteiger partial charge in [0.2, 0.25) is 10.0 Å². The van der Waals surface area contributed by atoms with E-state index in [4.69, 9.17) is 11.6 Å². The van der Waals surface area contributed by atoms with E-state index in [-0.39, 0.29) is 10.4 Å². The van der Waals surface area contributed by atoms with E-state index in [9.17, 15) is 8.42 Å². The predicted molar refractivity (Wildman–Crippen MR) is 85.9 cm³/mol. The maximum Gasteiger partial charge on any atom is 0.241 e. The van der Waals surface area contributed by atoms with Crippen LogP contribution in [0.2, 0.25) is 5.02 Å². The lowest BCUT2D eigenvalue weighted by Crippen LogP contribution is -2.51. The van der Waals surface area contributed by atoms with Gasteiger partial charge >= 0.3 is 0 Å². The van der Waals surface area contributed by atoms with Crippen molar-refractivity contribution in [2.24, 2.45) is 5.92 Å². The third-order valence-corrected chi connectivity index (χ3v) is 6.88. The zero-order valence-electron chi connectivity index (χ0n) is 11.4. The molecule has 1 aliphatic rings. The van der Waals surface area contributed by atoms with Crippen LogP contribution < -0.4 is 4.72 Å². The van der Waals surface area contributed by atoms with Gasteiger partial charge in [-0.2, -0.15) is 0 Å². The van der Waals surface area contributed by atoms with E-state index < -0.39 is 10.0 Å². The molecule has 1 aliphatic carbocycles. The van der Waals surface area contributed by atoms with Gasteiger partial charge in [0.05, 0.1) is 4.90 Å². The molecule has 0 atom stereocenters. The van der Waals surface area contributed by atoms with Gasteiger partial charge < -0.3 is 0 Å². The largest absolute Gasteiger partial charge is 0.241 e. The van der Waals surface area contributed by atoms with Crippen molar-refractivity contribution >= 4 is 37.6 Å². The Morgan fingerprint density at radius 2 is 1.85 bits per heavy atom. The summed E-state index contributed by atoms with van der Waals surface area (Å²) < 4.78 is 27.9. The number of alkyl halides is 1. The van der Waals surface area contributed by atoms with Crippen molar-refractivity contribution in [2.45, 2.75) is 43.0 Å². The molecule has 2 rings (SSSR count). The highest BCUT2D eigenvalue weighted by molar-refractivity contribution is 9.09. The van der Waals surface area contributed by atoms with Gasteiger partial charge in [0.1, 0.15) is 0 Å². The molecule has 0 heterocycles. The molecule has 1 aromatic rings. The molecule has 0 amide bonds. The van der Waals surface area contributed by atoms with E-state index in [1.807, 2.05) is 0 Å². The van der Waals surface area contributed by atoms with Gasteiger partial charge in [0.25, 0.3) is 0 Å². The van der Waals surface area contributed by atoms with Crippen molar-refractivity contribution in [2.75, 3.05) is 5.33 Å². The highest BCUT2D eigenvalue weighted by Gasteiger charge is 2.37. The van der Waals surface area contributed by atoms with Crippen molar-refractivity contribution < 1.29 is 8.42 Å². The third kappa shape index (κ3) is 3.75. The van der Waals surface area contributed by atoms with Gasteiger partial charge in [-0.15, -0.1) is 0 Å². The molecule has 0 saturated heterocycles. The number of halogens is 2. The highest BCUT2D eigenvalue weighted by atomic mass is 79.9. The number of sulfonamides is 1. The van der Waals surface area contributed by atoms with Crippen molar-refractivity contribution in [3.05, 3.63) is 29.3 Å². The molecule has 1 fully saturated rings. The first-order chi connectivity index (χ1) is 9.37. The Hall–Kier alpha value is -0.100. The Labute approximate surface area is 134 Å². The summed E-state index contributed by atoms with van der Waals surface area (Å²) >= 11 is 9.28. The quantitative estimate of drug-likeness (QED) is 0.804. The second-order valence-electron chi connectivity index (χ2n) is 5.66. The van der Waals surface area contributed by atoms with E-state index >= 15 is 0 Å². The molecule has 0 spiro atoms. The molecular weight excluding hydrogens is 362 g/mol. The monoisotopic (exact) mass is 379 g/mol. The minimum Gasteiger partial charge on any atom is -0.207 e. The molecule has 0 unspecified atom stereocenters. The zero-order valence-corrected chi connectivity index (χ0v) is 14.6. The maximum atomic E-state index is 12.5. The number of hydrogen-bond donors (Lipinski definition) is 1. The summed E-state index contributed by atoms with van der Waals surface area (Å²) in [7, 11) is -3.50. The van der Waals surface area contributed by atoms with Crippen LogP contribution in [0.15, 0.2) is 29.2 Å². The molecule has 0 bridgehead atoms. The van der Waals surface area contributed by atoms with Crippen LogP contribution in [-0.2, 0) is 10.0 Å². The van der Waals surface area contributed by atoms with E-state index in [0.717, 1.165) is 25.7 Å². The number of nitrogens with one attached hydrogen (secondary N) is 1. The Balaban J connectivity index is 2.20. The van der Waals surface area contributed by atoms with E-state index in [1.165, 1.54) is 12.1 Å². The van der Waals surface area contributed by atoms with Crippen LogP contribution in [-0.4, -0.2) is 19.3 Å². The second kappa shape index (κ2) is 6.34. The topological polar surface area (TPSA) is 46.2 Å². The normalized spacial score (nSPS) is 27.4. The molecule has 0 radical (unpaired) electrons. The smallest absolute Gasteiger partial charge is 0.207 e. The van der Waals surface area contributed by atoms with E-state index in [0.29, 0.717) is 16.3 Å². The van der Waals surface area contributed by atoms with Gasteiger partial charge in [0.15, 0.2) is 0 Å². The van der Waals surface area contributed by atoms with Crippen LogP contribution in [0, 0.1) is 5.92 Å². The molecule has 0 aromatic heterocycles. The van der Waals surface area contributed by atoms with Crippen molar-refractivity contribution in [3.8, 4) is 0 Å². The summed E-state index contributed by atoms with van der Waals surface area (Å²) in [4.78, 5) is 0.265. The fourth-order valence-corrected chi connectivity index (χ4v) is 5.01. The Morgan fingerprint density at radius 1 is 1.30 bits per heavy atom. The van der Waals surface area contributed by atoms with Gasteiger partial charge in [-0.05, 0) is 55.9 Å². The zero-order chi connectivity index (χ0) is 14.8. The average Bonchev–Trinajstić information content (AvgIpc) is 2.42. The van der Waals surface area contributed by atoms with E-state index in [1.54, 1.807) is 12.1 Å². The maximum absolute atomic E-state index is 12.5. The minimum atomic E-state index is -3.50. The average molecular weight is 381 g/mol. The summed E-state index contributed by atoms with van der Waals surface area (Å²) in [6.45, 7) is 2.21. The fraction of sp³-hybridized carbons (Fsp3) is 0.571. The lowest BCUT2D eigenvalue weighted by Gasteiger charge is -2.38. The van der Waals surface area contributed by atoms with Crippen molar-refractivity contribution in [1.82, 2.24) is 4.72 Å². The molecule has 1 saturated carbocycles. The third-order valence-electron chi connectivity index (χ3n) is 3.96. The molecule has 1 N–H and O–H groups in total. The Bertz CT molecular complexity index is 551. The highest BCUT2D eigenvalue weighted by Crippen LogP contribution is 2.34. The molecule has 3 nitrogen and oxygen atoms in total. The van der Waals surface area contributed by atoms with Crippen LogP contribution in [0.1, 0.15) is 32.6 Å². The van der Waals surface area contributed by atoms with Gasteiger partial charge in [-0.3, -0.25) is 0 Å². The lowest BCUT2D eigenvalue weighted by molar-refractivity contribution is 0.250.